The molecule has 0 saturated heterocycles. The number of para-hydroxylation sites is 1. The number of benzene rings is 3. The molecule has 2 heterocycles. The van der Waals surface area contributed by atoms with Crippen molar-refractivity contribution in [3.63, 3.8) is 0 Å². The largest absolute Gasteiger partial charge is 0.497 e. The van der Waals surface area contributed by atoms with Gasteiger partial charge in [0.05, 0.1) is 30.4 Å². The lowest BCUT2D eigenvalue weighted by atomic mass is 10.1. The molecule has 0 aliphatic carbocycles. The van der Waals surface area contributed by atoms with Gasteiger partial charge in [0.25, 0.3) is 11.5 Å². The van der Waals surface area contributed by atoms with E-state index < -0.39 is 5.91 Å². The normalized spacial score (nSPS) is 10.8. The maximum Gasteiger partial charge on any atom is 0.284 e. The van der Waals surface area contributed by atoms with Gasteiger partial charge in [-0.3, -0.25) is 14.3 Å². The van der Waals surface area contributed by atoms with E-state index in [4.69, 9.17) is 15.5 Å². The number of nitrogens with one attached hydrogen (secondary N) is 1. The molecular formula is C29H26N6O3. The van der Waals surface area contributed by atoms with Crippen LogP contribution in [0.15, 0.2) is 89.9 Å². The van der Waals surface area contributed by atoms with Crippen molar-refractivity contribution >= 4 is 17.4 Å². The number of ether oxygens (including phenoxy) is 1. The Bertz CT molecular complexity index is 1690. The lowest BCUT2D eigenvalue weighted by molar-refractivity contribution is 0.102. The van der Waals surface area contributed by atoms with Crippen LogP contribution < -0.4 is 21.3 Å². The van der Waals surface area contributed by atoms with E-state index in [1.165, 1.54) is 4.68 Å². The number of hydrogen-bond acceptors (Lipinski definition) is 6. The van der Waals surface area contributed by atoms with Gasteiger partial charge in [0.15, 0.2) is 0 Å². The number of nitrogens with zero attached hydrogens (tertiary/aromatic N) is 4. The summed E-state index contributed by atoms with van der Waals surface area (Å²) in [6, 6.07) is 23.8. The van der Waals surface area contributed by atoms with E-state index in [1.54, 1.807) is 56.2 Å². The van der Waals surface area contributed by atoms with Crippen molar-refractivity contribution in [2.45, 2.75) is 6.92 Å². The fourth-order valence-electron chi connectivity index (χ4n) is 4.27. The van der Waals surface area contributed by atoms with E-state index >= 15 is 0 Å². The van der Waals surface area contributed by atoms with E-state index in [1.807, 2.05) is 54.6 Å². The molecule has 0 radical (unpaired) electrons. The van der Waals surface area contributed by atoms with Gasteiger partial charge < -0.3 is 15.8 Å². The number of nitrogens with two attached hydrogens (primary N) is 1. The van der Waals surface area contributed by atoms with Gasteiger partial charge in [0.1, 0.15) is 22.8 Å². The summed E-state index contributed by atoms with van der Waals surface area (Å²) in [5, 5.41) is 2.83. The monoisotopic (exact) mass is 506 g/mol. The summed E-state index contributed by atoms with van der Waals surface area (Å²) in [5.41, 5.74) is 10.4. The molecule has 0 saturated carbocycles. The molecule has 2 aromatic heterocycles. The minimum absolute atomic E-state index is 0.0848. The second-order valence-electron chi connectivity index (χ2n) is 8.69. The zero-order valence-electron chi connectivity index (χ0n) is 21.2. The first-order valence-electron chi connectivity index (χ1n) is 11.9. The molecular weight excluding hydrogens is 480 g/mol. The number of amides is 1. The molecule has 1 amide bonds. The van der Waals surface area contributed by atoms with Crippen molar-refractivity contribution in [1.29, 1.82) is 0 Å². The fraction of sp³-hybridized carbons (Fsp3) is 0.103. The number of aromatic nitrogens is 4. The molecule has 0 atom stereocenters. The Morgan fingerprint density at radius 1 is 0.974 bits per heavy atom. The quantitative estimate of drug-likeness (QED) is 0.351. The second kappa shape index (κ2) is 10.1. The van der Waals surface area contributed by atoms with Crippen LogP contribution in [0.4, 0.5) is 11.5 Å². The molecule has 3 aromatic carbocycles. The summed E-state index contributed by atoms with van der Waals surface area (Å²) in [7, 11) is 3.36. The summed E-state index contributed by atoms with van der Waals surface area (Å²) in [4.78, 5) is 35.3. The Morgan fingerprint density at radius 3 is 2.42 bits per heavy atom. The molecule has 0 fully saturated rings. The third-order valence-corrected chi connectivity index (χ3v) is 6.36. The third kappa shape index (κ3) is 4.53. The topological polar surface area (TPSA) is 117 Å². The molecule has 0 spiro atoms. The van der Waals surface area contributed by atoms with Gasteiger partial charge in [-0.1, -0.05) is 42.5 Å². The first-order valence-corrected chi connectivity index (χ1v) is 11.9. The molecule has 190 valence electrons. The van der Waals surface area contributed by atoms with E-state index in [2.05, 4.69) is 10.3 Å². The fourth-order valence-corrected chi connectivity index (χ4v) is 4.27. The van der Waals surface area contributed by atoms with E-state index in [9.17, 15) is 9.59 Å². The van der Waals surface area contributed by atoms with Crippen LogP contribution in [0.25, 0.3) is 28.2 Å². The van der Waals surface area contributed by atoms with Crippen LogP contribution in [0.1, 0.15) is 16.1 Å². The average Bonchev–Trinajstić information content (AvgIpc) is 3.17. The summed E-state index contributed by atoms with van der Waals surface area (Å²) in [5.74, 6) is 0.520. The maximum atomic E-state index is 13.2. The van der Waals surface area contributed by atoms with Crippen LogP contribution in [0.5, 0.6) is 5.75 Å². The Balaban J connectivity index is 1.40. The molecule has 5 rings (SSSR count). The minimum atomic E-state index is -0.482. The second-order valence-corrected chi connectivity index (χ2v) is 8.69. The van der Waals surface area contributed by atoms with Crippen LogP contribution in [0.2, 0.25) is 0 Å². The number of nitrogen functional groups attached to an aromatic ring is 1. The highest BCUT2D eigenvalue weighted by Crippen LogP contribution is 2.28. The molecule has 0 aliphatic rings. The average molecular weight is 507 g/mol. The molecule has 0 aliphatic heterocycles. The number of anilines is 2. The van der Waals surface area contributed by atoms with Crippen molar-refractivity contribution in [1.82, 2.24) is 19.3 Å². The van der Waals surface area contributed by atoms with Crippen LogP contribution in [0.3, 0.4) is 0 Å². The van der Waals surface area contributed by atoms with Gasteiger partial charge in [-0.25, -0.2) is 14.6 Å². The smallest absolute Gasteiger partial charge is 0.284 e. The SMILES string of the molecule is COc1cccc(-c2cnc(N)c(-c3ccc(NC(=O)c4c(C)n(C)n(-c5ccccc5)c4=O)cc3)n2)c1. The molecule has 5 aromatic rings. The molecule has 3 N–H and O–H groups in total. The Hall–Kier alpha value is -5.18. The van der Waals surface area contributed by atoms with Crippen molar-refractivity contribution in [2.24, 2.45) is 7.05 Å². The van der Waals surface area contributed by atoms with Gasteiger partial charge in [-0.05, 0) is 43.3 Å². The van der Waals surface area contributed by atoms with Gasteiger partial charge in [-0.2, -0.15) is 0 Å². The lowest BCUT2D eigenvalue weighted by Crippen LogP contribution is -2.25. The van der Waals surface area contributed by atoms with Crippen LogP contribution in [-0.2, 0) is 7.05 Å². The molecule has 0 bridgehead atoms. The lowest BCUT2D eigenvalue weighted by Gasteiger charge is -2.10. The van der Waals surface area contributed by atoms with Gasteiger partial charge in [0.2, 0.25) is 0 Å². The van der Waals surface area contributed by atoms with Crippen molar-refractivity contribution in [3.8, 4) is 34.0 Å². The number of carbonyl (C=O) groups excluding carboxylic acids is 1. The van der Waals surface area contributed by atoms with E-state index in [0.29, 0.717) is 34.2 Å². The number of rotatable bonds is 6. The first kappa shape index (κ1) is 24.5. The Labute approximate surface area is 219 Å². The van der Waals surface area contributed by atoms with Crippen molar-refractivity contribution < 1.29 is 9.53 Å². The van der Waals surface area contributed by atoms with E-state index in [-0.39, 0.29) is 16.9 Å². The Kier molecular flexibility index (Phi) is 6.49. The van der Waals surface area contributed by atoms with Crippen molar-refractivity contribution in [2.75, 3.05) is 18.2 Å². The third-order valence-electron chi connectivity index (χ3n) is 6.36. The van der Waals surface area contributed by atoms with Crippen molar-refractivity contribution in [3.05, 3.63) is 107 Å². The maximum absolute atomic E-state index is 13.2. The highest BCUT2D eigenvalue weighted by molar-refractivity contribution is 6.05. The van der Waals surface area contributed by atoms with Crippen LogP contribution >= 0.6 is 0 Å². The molecule has 0 unspecified atom stereocenters. The predicted molar refractivity (Wildman–Crippen MR) is 148 cm³/mol. The molecule has 9 heteroatoms. The number of methoxy groups -OCH3 is 1. The summed E-state index contributed by atoms with van der Waals surface area (Å²) in [6.45, 7) is 1.75. The summed E-state index contributed by atoms with van der Waals surface area (Å²) < 4.78 is 8.46. The zero-order valence-corrected chi connectivity index (χ0v) is 21.2. The minimum Gasteiger partial charge on any atom is -0.497 e. The standard InChI is InChI=1S/C29H26N6O3/c1-18-25(29(37)35(34(18)2)22-9-5-4-6-10-22)28(36)32-21-14-12-19(13-15-21)26-27(30)31-17-24(33-26)20-8-7-11-23(16-20)38-3/h4-17H,1-3H3,(H2,30,31)(H,32,36). The predicted octanol–water partition coefficient (Wildman–Crippen LogP) is 4.45. The highest BCUT2D eigenvalue weighted by Gasteiger charge is 2.22. The number of hydrogen-bond donors (Lipinski definition) is 2. The summed E-state index contributed by atoms with van der Waals surface area (Å²) >= 11 is 0. The molecule has 38 heavy (non-hydrogen) atoms. The molecule has 9 nitrogen and oxygen atoms in total. The zero-order chi connectivity index (χ0) is 26.8. The van der Waals surface area contributed by atoms with Gasteiger partial charge in [-0.15, -0.1) is 0 Å². The van der Waals surface area contributed by atoms with Crippen LogP contribution in [-0.4, -0.2) is 32.3 Å². The van der Waals surface area contributed by atoms with Crippen LogP contribution in [0, 0.1) is 6.92 Å². The first-order chi connectivity index (χ1) is 18.4. The van der Waals surface area contributed by atoms with Gasteiger partial charge >= 0.3 is 0 Å². The Morgan fingerprint density at radius 2 is 1.71 bits per heavy atom. The van der Waals surface area contributed by atoms with Gasteiger partial charge in [0, 0.05) is 23.9 Å². The number of carbonyl (C=O) groups is 1. The van der Waals surface area contributed by atoms with E-state index in [0.717, 1.165) is 11.1 Å². The highest BCUT2D eigenvalue weighted by atomic mass is 16.5. The summed E-state index contributed by atoms with van der Waals surface area (Å²) in [6.07, 6.45) is 1.62.